The van der Waals surface area contributed by atoms with E-state index < -0.39 is 0 Å². The van der Waals surface area contributed by atoms with Crippen molar-refractivity contribution in [1.29, 1.82) is 0 Å². The van der Waals surface area contributed by atoms with Crippen LogP contribution in [0.15, 0.2) is 18.5 Å². The van der Waals surface area contributed by atoms with Gasteiger partial charge in [-0.25, -0.2) is 0 Å². The quantitative estimate of drug-likeness (QED) is 0.707. The van der Waals surface area contributed by atoms with E-state index in [1.165, 1.54) is 0 Å². The zero-order chi connectivity index (χ0) is 9.97. The largest absolute Gasteiger partial charge is 0.396 e. The lowest BCUT2D eigenvalue weighted by Crippen LogP contribution is -2.24. The van der Waals surface area contributed by atoms with Crippen molar-refractivity contribution in [1.82, 2.24) is 10.2 Å². The Bertz CT molecular complexity index is 328. The second-order valence-corrected chi connectivity index (χ2v) is 3.36. The van der Waals surface area contributed by atoms with E-state index in [2.05, 4.69) is 10.2 Å². The Morgan fingerprint density at radius 2 is 2.43 bits per heavy atom. The minimum absolute atomic E-state index is 0.0389. The molecule has 0 bridgehead atoms. The fraction of sp³-hybridized carbons (Fsp3) is 0.444. The van der Waals surface area contributed by atoms with E-state index in [0.29, 0.717) is 13.0 Å². The minimum Gasteiger partial charge on any atom is -0.396 e. The van der Waals surface area contributed by atoms with Gasteiger partial charge in [0.15, 0.2) is 0 Å². The van der Waals surface area contributed by atoms with Crippen LogP contribution in [0.4, 0.5) is 5.69 Å². The molecule has 0 aromatic carbocycles. The van der Waals surface area contributed by atoms with Crippen molar-refractivity contribution in [3.8, 4) is 0 Å². The van der Waals surface area contributed by atoms with Gasteiger partial charge >= 0.3 is 0 Å². The van der Waals surface area contributed by atoms with Crippen LogP contribution in [0.2, 0.25) is 0 Å². The molecule has 1 aliphatic rings. The molecule has 2 rings (SSSR count). The highest BCUT2D eigenvalue weighted by atomic mass is 16.3. The molecule has 1 fully saturated rings. The van der Waals surface area contributed by atoms with Crippen molar-refractivity contribution in [2.45, 2.75) is 6.42 Å². The Kier molecular flexibility index (Phi) is 2.41. The number of nitrogens with zero attached hydrogens (tertiary/aromatic N) is 3. The van der Waals surface area contributed by atoms with Gasteiger partial charge in [-0.2, -0.15) is 10.2 Å². The number of rotatable bonds is 2. The average Bonchev–Trinajstić information content (AvgIpc) is 2.61. The van der Waals surface area contributed by atoms with E-state index in [0.717, 1.165) is 5.69 Å². The molecule has 0 saturated carbocycles. The van der Waals surface area contributed by atoms with Crippen LogP contribution in [0.3, 0.4) is 0 Å². The molecule has 14 heavy (non-hydrogen) atoms. The molecule has 2 heterocycles. The number of hydrogen-bond donors (Lipinski definition) is 1. The lowest BCUT2D eigenvalue weighted by atomic mass is 10.1. The summed E-state index contributed by atoms with van der Waals surface area (Å²) in [6.07, 6.45) is 3.52. The fourth-order valence-corrected chi connectivity index (χ4v) is 1.60. The van der Waals surface area contributed by atoms with Crippen LogP contribution in [0, 0.1) is 5.92 Å². The van der Waals surface area contributed by atoms with E-state index in [9.17, 15) is 4.79 Å². The van der Waals surface area contributed by atoms with Crippen LogP contribution in [0.1, 0.15) is 6.42 Å². The first-order valence-electron chi connectivity index (χ1n) is 4.49. The Labute approximate surface area is 81.4 Å². The average molecular weight is 193 g/mol. The Balaban J connectivity index is 2.17. The van der Waals surface area contributed by atoms with Crippen molar-refractivity contribution in [2.24, 2.45) is 5.92 Å². The number of aromatic nitrogens is 2. The van der Waals surface area contributed by atoms with Gasteiger partial charge in [0.25, 0.3) is 0 Å². The standard InChI is InChI=1S/C9H11N3O2/c13-6-7-3-9(14)12(5-7)8-1-2-10-11-4-8/h1-2,4,7,13H,3,5-6H2. The lowest BCUT2D eigenvalue weighted by Gasteiger charge is -2.14. The van der Waals surface area contributed by atoms with Crippen LogP contribution in [-0.2, 0) is 4.79 Å². The van der Waals surface area contributed by atoms with Gasteiger partial charge in [-0.15, -0.1) is 0 Å². The van der Waals surface area contributed by atoms with Crippen LogP contribution >= 0.6 is 0 Å². The summed E-state index contributed by atoms with van der Waals surface area (Å²) in [5.74, 6) is 0.0905. The summed E-state index contributed by atoms with van der Waals surface area (Å²) in [6, 6.07) is 1.74. The van der Waals surface area contributed by atoms with E-state index >= 15 is 0 Å². The van der Waals surface area contributed by atoms with Gasteiger partial charge in [0.1, 0.15) is 0 Å². The third-order valence-corrected chi connectivity index (χ3v) is 2.34. The zero-order valence-corrected chi connectivity index (χ0v) is 7.63. The topological polar surface area (TPSA) is 66.3 Å². The van der Waals surface area contributed by atoms with Crippen LogP contribution < -0.4 is 4.90 Å². The van der Waals surface area contributed by atoms with Gasteiger partial charge < -0.3 is 10.0 Å². The van der Waals surface area contributed by atoms with Crippen molar-refractivity contribution in [2.75, 3.05) is 18.1 Å². The summed E-state index contributed by atoms with van der Waals surface area (Å²) < 4.78 is 0. The second-order valence-electron chi connectivity index (χ2n) is 3.36. The molecule has 1 amide bonds. The fourth-order valence-electron chi connectivity index (χ4n) is 1.60. The highest BCUT2D eigenvalue weighted by Gasteiger charge is 2.29. The summed E-state index contributed by atoms with van der Waals surface area (Å²) in [4.78, 5) is 13.1. The molecular formula is C9H11N3O2. The molecule has 0 spiro atoms. The van der Waals surface area contributed by atoms with Gasteiger partial charge in [0.05, 0.1) is 18.1 Å². The number of aliphatic hydroxyl groups excluding tert-OH is 1. The van der Waals surface area contributed by atoms with Crippen LogP contribution in [0.25, 0.3) is 0 Å². The van der Waals surface area contributed by atoms with E-state index in [1.54, 1.807) is 23.4 Å². The molecule has 1 aromatic rings. The molecule has 5 heteroatoms. The molecule has 5 nitrogen and oxygen atoms in total. The molecule has 74 valence electrons. The maximum Gasteiger partial charge on any atom is 0.227 e. The van der Waals surface area contributed by atoms with Crippen molar-refractivity contribution < 1.29 is 9.90 Å². The Hall–Kier alpha value is -1.49. The van der Waals surface area contributed by atoms with Gasteiger partial charge in [-0.3, -0.25) is 4.79 Å². The zero-order valence-electron chi connectivity index (χ0n) is 7.63. The van der Waals surface area contributed by atoms with Crippen molar-refractivity contribution in [3.63, 3.8) is 0 Å². The Morgan fingerprint density at radius 3 is 3.00 bits per heavy atom. The summed E-state index contributed by atoms with van der Waals surface area (Å²) in [7, 11) is 0. The van der Waals surface area contributed by atoms with Crippen LogP contribution in [0.5, 0.6) is 0 Å². The number of carbonyl (C=O) groups is 1. The highest BCUT2D eigenvalue weighted by Crippen LogP contribution is 2.23. The third kappa shape index (κ3) is 1.58. The predicted molar refractivity (Wildman–Crippen MR) is 49.6 cm³/mol. The molecule has 1 aromatic heterocycles. The summed E-state index contributed by atoms with van der Waals surface area (Å²) in [5, 5.41) is 16.3. The monoisotopic (exact) mass is 193 g/mol. The molecule has 1 N–H and O–H groups in total. The number of anilines is 1. The summed E-state index contributed by atoms with van der Waals surface area (Å²) in [6.45, 7) is 0.627. The lowest BCUT2D eigenvalue weighted by molar-refractivity contribution is -0.117. The predicted octanol–water partition coefficient (Wildman–Crippen LogP) is -0.178. The normalized spacial score (nSPS) is 21.6. The smallest absolute Gasteiger partial charge is 0.227 e. The molecule has 1 saturated heterocycles. The van der Waals surface area contributed by atoms with E-state index in [1.807, 2.05) is 0 Å². The maximum absolute atomic E-state index is 11.5. The van der Waals surface area contributed by atoms with Crippen molar-refractivity contribution >= 4 is 11.6 Å². The van der Waals surface area contributed by atoms with E-state index in [4.69, 9.17) is 5.11 Å². The number of amides is 1. The van der Waals surface area contributed by atoms with Gasteiger partial charge in [0, 0.05) is 25.5 Å². The Morgan fingerprint density at radius 1 is 1.57 bits per heavy atom. The molecule has 1 aliphatic heterocycles. The van der Waals surface area contributed by atoms with Gasteiger partial charge in [0.2, 0.25) is 5.91 Å². The first-order valence-corrected chi connectivity index (χ1v) is 4.49. The number of carbonyl (C=O) groups excluding carboxylic acids is 1. The number of hydrogen-bond acceptors (Lipinski definition) is 4. The number of aliphatic hydroxyl groups is 1. The maximum atomic E-state index is 11.5. The first kappa shape index (κ1) is 9.08. The minimum atomic E-state index is 0.0389. The molecular weight excluding hydrogens is 182 g/mol. The van der Waals surface area contributed by atoms with Crippen LogP contribution in [-0.4, -0.2) is 34.4 Å². The van der Waals surface area contributed by atoms with E-state index in [-0.39, 0.29) is 18.4 Å². The molecule has 1 unspecified atom stereocenters. The SMILES string of the molecule is O=C1CC(CO)CN1c1ccnnc1. The molecule has 1 atom stereocenters. The third-order valence-electron chi connectivity index (χ3n) is 2.34. The van der Waals surface area contributed by atoms with Gasteiger partial charge in [-0.1, -0.05) is 0 Å². The highest BCUT2D eigenvalue weighted by molar-refractivity contribution is 5.95. The summed E-state index contributed by atoms with van der Waals surface area (Å²) in [5.41, 5.74) is 0.751. The molecule has 0 radical (unpaired) electrons. The van der Waals surface area contributed by atoms with Crippen molar-refractivity contribution in [3.05, 3.63) is 18.5 Å². The second kappa shape index (κ2) is 3.71. The van der Waals surface area contributed by atoms with Gasteiger partial charge in [-0.05, 0) is 6.07 Å². The molecule has 0 aliphatic carbocycles. The summed E-state index contributed by atoms with van der Waals surface area (Å²) >= 11 is 0. The first-order chi connectivity index (χ1) is 6.81.